The zero-order valence-electron chi connectivity index (χ0n) is 13.6. The van der Waals surface area contributed by atoms with E-state index < -0.39 is 23.3 Å². The van der Waals surface area contributed by atoms with Gasteiger partial charge in [0.05, 0.1) is 12.0 Å². The van der Waals surface area contributed by atoms with E-state index in [9.17, 15) is 22.8 Å². The van der Waals surface area contributed by atoms with Gasteiger partial charge in [-0.2, -0.15) is 13.2 Å². The van der Waals surface area contributed by atoms with Gasteiger partial charge in [0.1, 0.15) is 11.3 Å². The third kappa shape index (κ3) is 3.93. The fraction of sp³-hybridized carbons (Fsp3) is 0.158. The van der Waals surface area contributed by atoms with Crippen molar-refractivity contribution in [2.75, 3.05) is 0 Å². The molecule has 0 saturated heterocycles. The van der Waals surface area contributed by atoms with Gasteiger partial charge in [0.25, 0.3) is 0 Å². The van der Waals surface area contributed by atoms with Gasteiger partial charge in [0.2, 0.25) is 0 Å². The van der Waals surface area contributed by atoms with Gasteiger partial charge < -0.3 is 9.15 Å². The van der Waals surface area contributed by atoms with Crippen LogP contribution in [0.4, 0.5) is 13.2 Å². The Morgan fingerprint density at radius 3 is 2.42 bits per heavy atom. The van der Waals surface area contributed by atoms with E-state index in [1.165, 1.54) is 24.3 Å². The van der Waals surface area contributed by atoms with Gasteiger partial charge in [-0.1, -0.05) is 12.1 Å². The summed E-state index contributed by atoms with van der Waals surface area (Å²) in [6, 6.07) is 10.3. The van der Waals surface area contributed by atoms with E-state index in [1.807, 2.05) is 0 Å². The van der Waals surface area contributed by atoms with Crippen molar-refractivity contribution in [2.24, 2.45) is 0 Å². The first-order chi connectivity index (χ1) is 12.2. The molecule has 0 atom stereocenters. The Morgan fingerprint density at radius 1 is 1.08 bits per heavy atom. The number of carbonyl (C=O) groups is 1. The van der Waals surface area contributed by atoms with Gasteiger partial charge in [0, 0.05) is 17.5 Å². The fourth-order valence-electron chi connectivity index (χ4n) is 2.51. The largest absolute Gasteiger partial charge is 0.426 e. The summed E-state index contributed by atoms with van der Waals surface area (Å²) < 4.78 is 47.8. The van der Waals surface area contributed by atoms with Crippen LogP contribution in [0.2, 0.25) is 0 Å². The van der Waals surface area contributed by atoms with Crippen molar-refractivity contribution >= 4 is 16.9 Å². The lowest BCUT2D eigenvalue weighted by atomic mass is 10.1. The van der Waals surface area contributed by atoms with E-state index in [-0.39, 0.29) is 17.8 Å². The monoisotopic (exact) mass is 362 g/mol. The number of carbonyl (C=O) groups excluding carboxylic acids is 1. The lowest BCUT2D eigenvalue weighted by Gasteiger charge is -2.08. The molecule has 26 heavy (non-hydrogen) atoms. The highest BCUT2D eigenvalue weighted by molar-refractivity contribution is 5.82. The van der Waals surface area contributed by atoms with E-state index in [2.05, 4.69) is 0 Å². The zero-order valence-corrected chi connectivity index (χ0v) is 13.6. The maximum Gasteiger partial charge on any atom is 0.416 e. The maximum absolute atomic E-state index is 12.5. The molecule has 0 spiro atoms. The van der Waals surface area contributed by atoms with Crippen LogP contribution >= 0.6 is 0 Å². The summed E-state index contributed by atoms with van der Waals surface area (Å²) in [4.78, 5) is 23.4. The van der Waals surface area contributed by atoms with E-state index in [1.54, 1.807) is 19.1 Å². The van der Waals surface area contributed by atoms with Crippen molar-refractivity contribution < 1.29 is 27.1 Å². The second kappa shape index (κ2) is 6.67. The summed E-state index contributed by atoms with van der Waals surface area (Å²) in [5, 5.41) is 0.715. The van der Waals surface area contributed by atoms with Crippen LogP contribution in [-0.2, 0) is 17.4 Å². The zero-order chi connectivity index (χ0) is 18.9. The number of alkyl halides is 3. The summed E-state index contributed by atoms with van der Waals surface area (Å²) in [5.74, 6) is -0.456. The van der Waals surface area contributed by atoms with Crippen molar-refractivity contribution in [2.45, 2.75) is 19.5 Å². The molecular formula is C19H13F3O4. The minimum absolute atomic E-state index is 0.183. The molecule has 2 aromatic carbocycles. The first-order valence-electron chi connectivity index (χ1n) is 7.64. The molecule has 0 unspecified atom stereocenters. The molecule has 4 nitrogen and oxygen atoms in total. The lowest BCUT2D eigenvalue weighted by Crippen LogP contribution is -2.12. The van der Waals surface area contributed by atoms with Crippen LogP contribution in [0.3, 0.4) is 0 Å². The van der Waals surface area contributed by atoms with Gasteiger partial charge in [-0.15, -0.1) is 0 Å². The summed E-state index contributed by atoms with van der Waals surface area (Å²) in [5.41, 5.74) is 0.123. The van der Waals surface area contributed by atoms with Crippen LogP contribution in [0.15, 0.2) is 57.7 Å². The fourth-order valence-corrected chi connectivity index (χ4v) is 2.51. The Hall–Kier alpha value is -3.09. The molecule has 0 radical (unpaired) electrons. The highest BCUT2D eigenvalue weighted by atomic mass is 19.4. The number of hydrogen-bond acceptors (Lipinski definition) is 4. The van der Waals surface area contributed by atoms with Crippen molar-refractivity contribution in [1.82, 2.24) is 0 Å². The molecule has 3 aromatic rings. The summed E-state index contributed by atoms with van der Waals surface area (Å²) in [7, 11) is 0. The number of halogens is 3. The number of ether oxygens (including phenoxy) is 1. The molecule has 0 aliphatic rings. The predicted octanol–water partition coefficient (Wildman–Crippen LogP) is 4.27. The van der Waals surface area contributed by atoms with Crippen LogP contribution in [0.25, 0.3) is 11.0 Å². The first kappa shape index (κ1) is 17.7. The molecular weight excluding hydrogens is 349 g/mol. The van der Waals surface area contributed by atoms with Gasteiger partial charge in [0.15, 0.2) is 0 Å². The molecule has 0 fully saturated rings. The van der Waals surface area contributed by atoms with Gasteiger partial charge in [-0.05, 0) is 42.3 Å². The summed E-state index contributed by atoms with van der Waals surface area (Å²) >= 11 is 0. The van der Waals surface area contributed by atoms with Crippen molar-refractivity contribution in [1.29, 1.82) is 0 Å². The van der Waals surface area contributed by atoms with E-state index in [0.717, 1.165) is 17.7 Å². The average molecular weight is 362 g/mol. The first-order valence-corrected chi connectivity index (χ1v) is 7.64. The third-order valence-electron chi connectivity index (χ3n) is 3.78. The standard InChI is InChI=1S/C19H13F3O4/c1-11-8-17(23)26-16-10-14(6-7-15(11)16)25-18(24)9-12-2-4-13(5-3-12)19(20,21)22/h2-8,10H,9H2,1H3. The number of rotatable bonds is 3. The van der Waals surface area contributed by atoms with Crippen molar-refractivity contribution in [3.05, 3.63) is 75.6 Å². The Bertz CT molecular complexity index is 1020. The Balaban J connectivity index is 1.74. The number of benzene rings is 2. The quantitative estimate of drug-likeness (QED) is 0.397. The Morgan fingerprint density at radius 2 is 1.77 bits per heavy atom. The lowest BCUT2D eigenvalue weighted by molar-refractivity contribution is -0.137. The highest BCUT2D eigenvalue weighted by Gasteiger charge is 2.30. The molecule has 7 heteroatoms. The molecule has 134 valence electrons. The van der Waals surface area contributed by atoms with Gasteiger partial charge in [-0.25, -0.2) is 4.79 Å². The van der Waals surface area contributed by atoms with Crippen LogP contribution in [0, 0.1) is 6.92 Å². The number of esters is 1. The third-order valence-corrected chi connectivity index (χ3v) is 3.78. The van der Waals surface area contributed by atoms with Crippen molar-refractivity contribution in [3.63, 3.8) is 0 Å². The van der Waals surface area contributed by atoms with Crippen LogP contribution in [0.1, 0.15) is 16.7 Å². The predicted molar refractivity (Wildman–Crippen MR) is 88.0 cm³/mol. The topological polar surface area (TPSA) is 56.5 Å². The average Bonchev–Trinajstić information content (AvgIpc) is 2.53. The highest BCUT2D eigenvalue weighted by Crippen LogP contribution is 2.29. The van der Waals surface area contributed by atoms with E-state index in [0.29, 0.717) is 10.9 Å². The molecule has 0 N–H and O–H groups in total. The van der Waals surface area contributed by atoms with Gasteiger partial charge in [-0.3, -0.25) is 4.79 Å². The maximum atomic E-state index is 12.5. The number of fused-ring (bicyclic) bond motifs is 1. The van der Waals surface area contributed by atoms with Gasteiger partial charge >= 0.3 is 17.8 Å². The normalized spacial score (nSPS) is 11.5. The molecule has 0 aliphatic carbocycles. The molecule has 1 heterocycles. The minimum atomic E-state index is -4.42. The minimum Gasteiger partial charge on any atom is -0.426 e. The second-order valence-corrected chi connectivity index (χ2v) is 5.75. The second-order valence-electron chi connectivity index (χ2n) is 5.75. The molecule has 0 saturated carbocycles. The molecule has 3 rings (SSSR count). The summed E-state index contributed by atoms with van der Waals surface area (Å²) in [6.45, 7) is 1.76. The smallest absolute Gasteiger partial charge is 0.416 e. The van der Waals surface area contributed by atoms with Crippen LogP contribution in [0.5, 0.6) is 5.75 Å². The van der Waals surface area contributed by atoms with E-state index >= 15 is 0 Å². The molecule has 0 aliphatic heterocycles. The van der Waals surface area contributed by atoms with Crippen LogP contribution < -0.4 is 10.4 Å². The van der Waals surface area contributed by atoms with E-state index in [4.69, 9.17) is 9.15 Å². The Labute approximate surface area is 145 Å². The molecule has 0 bridgehead atoms. The molecule has 0 amide bonds. The molecule has 1 aromatic heterocycles. The number of aryl methyl sites for hydroxylation is 1. The van der Waals surface area contributed by atoms with Crippen molar-refractivity contribution in [3.8, 4) is 5.75 Å². The Kier molecular flexibility index (Phi) is 4.54. The SMILES string of the molecule is Cc1cc(=O)oc2cc(OC(=O)Cc3ccc(C(F)(F)F)cc3)ccc12. The number of hydrogen-bond donors (Lipinski definition) is 0. The summed E-state index contributed by atoms with van der Waals surface area (Å²) in [6.07, 6.45) is -4.61. The van der Waals surface area contributed by atoms with Crippen LogP contribution in [-0.4, -0.2) is 5.97 Å².